The highest BCUT2D eigenvalue weighted by atomic mass is 32.3. The molecule has 0 unspecified atom stereocenters. The third-order valence-corrected chi connectivity index (χ3v) is 1.78. The van der Waals surface area contributed by atoms with Gasteiger partial charge in [-0.2, -0.15) is 8.42 Å². The summed E-state index contributed by atoms with van der Waals surface area (Å²) in [6.07, 6.45) is 0. The van der Waals surface area contributed by atoms with Gasteiger partial charge in [0.15, 0.2) is 0 Å². The van der Waals surface area contributed by atoms with Crippen molar-refractivity contribution in [1.82, 2.24) is 0 Å². The Balaban J connectivity index is 0.000000437. The van der Waals surface area contributed by atoms with Gasteiger partial charge in [-0.15, -0.1) is 0 Å². The van der Waals surface area contributed by atoms with Crippen molar-refractivity contribution >= 4 is 21.8 Å². The summed E-state index contributed by atoms with van der Waals surface area (Å²) in [5.41, 5.74) is 7.59. The standard InChI is InChI=1S/C8H10N2O2.H2O4S/c1-5-3-6(2)8(10(11)12)4-7(5)9;1-5(2,3)4/h3-4H,9H2,1-2H3;(H2,1,2,3,4). The number of nitro benzene ring substituents is 1. The first-order valence-corrected chi connectivity index (χ1v) is 5.63. The van der Waals surface area contributed by atoms with Gasteiger partial charge in [0.1, 0.15) is 0 Å². The van der Waals surface area contributed by atoms with E-state index in [-0.39, 0.29) is 5.69 Å². The lowest BCUT2D eigenvalue weighted by molar-refractivity contribution is -0.385. The molecule has 0 aliphatic heterocycles. The minimum Gasteiger partial charge on any atom is -0.398 e. The number of nitrogens with two attached hydrogens (primary N) is 1. The molecule has 0 aliphatic carbocycles. The number of hydrogen-bond acceptors (Lipinski definition) is 5. The fourth-order valence-corrected chi connectivity index (χ4v) is 1.05. The smallest absolute Gasteiger partial charge is 0.394 e. The van der Waals surface area contributed by atoms with Crippen LogP contribution in [0.3, 0.4) is 0 Å². The molecule has 1 rings (SSSR count). The van der Waals surface area contributed by atoms with Crippen molar-refractivity contribution in [3.63, 3.8) is 0 Å². The maximum absolute atomic E-state index is 10.4. The summed E-state index contributed by atoms with van der Waals surface area (Å²) in [4.78, 5) is 10.0. The number of nitro groups is 1. The molecule has 0 saturated carbocycles. The van der Waals surface area contributed by atoms with Crippen LogP contribution in [0, 0.1) is 24.0 Å². The first-order chi connectivity index (χ1) is 7.52. The van der Waals surface area contributed by atoms with Crippen LogP contribution in [0.4, 0.5) is 11.4 Å². The van der Waals surface area contributed by atoms with Gasteiger partial charge in [-0.3, -0.25) is 19.2 Å². The van der Waals surface area contributed by atoms with E-state index in [0.717, 1.165) is 5.56 Å². The summed E-state index contributed by atoms with van der Waals surface area (Å²) in [6.45, 7) is 3.52. The molecule has 0 bridgehead atoms. The second-order valence-electron chi connectivity index (χ2n) is 3.20. The van der Waals surface area contributed by atoms with Crippen LogP contribution < -0.4 is 5.73 Å². The summed E-state index contributed by atoms with van der Waals surface area (Å²) in [6, 6.07) is 3.11. The molecule has 17 heavy (non-hydrogen) atoms. The van der Waals surface area contributed by atoms with Gasteiger partial charge in [0.25, 0.3) is 5.69 Å². The Kier molecular flexibility index (Phi) is 5.01. The van der Waals surface area contributed by atoms with Crippen LogP contribution >= 0.6 is 0 Å². The zero-order valence-corrected chi connectivity index (χ0v) is 9.93. The van der Waals surface area contributed by atoms with E-state index >= 15 is 0 Å². The Bertz CT molecular complexity index is 517. The van der Waals surface area contributed by atoms with Crippen LogP contribution in [-0.4, -0.2) is 22.4 Å². The van der Waals surface area contributed by atoms with Crippen molar-refractivity contribution in [3.8, 4) is 0 Å². The molecule has 96 valence electrons. The largest absolute Gasteiger partial charge is 0.398 e. The van der Waals surface area contributed by atoms with Gasteiger partial charge < -0.3 is 5.73 Å². The van der Waals surface area contributed by atoms with Gasteiger partial charge in [-0.1, -0.05) is 0 Å². The van der Waals surface area contributed by atoms with E-state index in [2.05, 4.69) is 0 Å². The lowest BCUT2D eigenvalue weighted by Gasteiger charge is -2.01. The van der Waals surface area contributed by atoms with Crippen LogP contribution in [0.5, 0.6) is 0 Å². The van der Waals surface area contributed by atoms with Crippen LogP contribution in [-0.2, 0) is 10.4 Å². The van der Waals surface area contributed by atoms with Crippen LogP contribution in [0.2, 0.25) is 0 Å². The maximum atomic E-state index is 10.4. The lowest BCUT2D eigenvalue weighted by atomic mass is 10.1. The molecule has 0 amide bonds. The monoisotopic (exact) mass is 264 g/mol. The quantitative estimate of drug-likeness (QED) is 0.298. The van der Waals surface area contributed by atoms with Crippen molar-refractivity contribution in [1.29, 1.82) is 0 Å². The van der Waals surface area contributed by atoms with Gasteiger partial charge >= 0.3 is 10.4 Å². The van der Waals surface area contributed by atoms with E-state index < -0.39 is 15.3 Å². The van der Waals surface area contributed by atoms with Gasteiger partial charge in [-0.05, 0) is 25.5 Å². The molecule has 9 heteroatoms. The summed E-state index contributed by atoms with van der Waals surface area (Å²) >= 11 is 0. The Morgan fingerprint density at radius 2 is 1.65 bits per heavy atom. The lowest BCUT2D eigenvalue weighted by Crippen LogP contribution is -1.96. The average molecular weight is 264 g/mol. The predicted molar refractivity (Wildman–Crippen MR) is 61.2 cm³/mol. The predicted octanol–water partition coefficient (Wildman–Crippen LogP) is 1.14. The first-order valence-electron chi connectivity index (χ1n) is 4.23. The van der Waals surface area contributed by atoms with Crippen molar-refractivity contribution in [2.24, 2.45) is 0 Å². The van der Waals surface area contributed by atoms with Gasteiger partial charge in [-0.25, -0.2) is 0 Å². The zero-order valence-electron chi connectivity index (χ0n) is 9.11. The highest BCUT2D eigenvalue weighted by Gasteiger charge is 2.11. The van der Waals surface area contributed by atoms with E-state index in [9.17, 15) is 10.1 Å². The SMILES string of the molecule is Cc1cc(C)c([N+](=O)[O-])cc1N.O=S(=O)(O)O. The molecular formula is C8H12N2O6S. The Hall–Kier alpha value is -1.71. The molecule has 0 aromatic heterocycles. The fourth-order valence-electron chi connectivity index (χ4n) is 1.05. The van der Waals surface area contributed by atoms with Crippen LogP contribution in [0.25, 0.3) is 0 Å². The highest BCUT2D eigenvalue weighted by molar-refractivity contribution is 7.79. The fraction of sp³-hybridized carbons (Fsp3) is 0.250. The number of benzene rings is 1. The summed E-state index contributed by atoms with van der Waals surface area (Å²) in [7, 11) is -4.67. The number of hydrogen-bond donors (Lipinski definition) is 3. The minimum absolute atomic E-state index is 0.0816. The molecule has 0 spiro atoms. The van der Waals surface area contributed by atoms with Crippen molar-refractivity contribution < 1.29 is 22.4 Å². The Labute approximate surface area is 97.8 Å². The third kappa shape index (κ3) is 6.45. The van der Waals surface area contributed by atoms with Crippen molar-refractivity contribution in [2.45, 2.75) is 13.8 Å². The molecule has 0 atom stereocenters. The molecule has 0 aliphatic rings. The number of rotatable bonds is 1. The van der Waals surface area contributed by atoms with Gasteiger partial charge in [0, 0.05) is 17.3 Å². The minimum atomic E-state index is -4.67. The van der Waals surface area contributed by atoms with E-state index in [1.807, 2.05) is 6.92 Å². The molecule has 1 aromatic rings. The summed E-state index contributed by atoms with van der Waals surface area (Å²) in [5, 5.41) is 10.4. The molecule has 0 saturated heterocycles. The number of nitrogen functional groups attached to an aromatic ring is 1. The molecule has 0 radical (unpaired) electrons. The third-order valence-electron chi connectivity index (χ3n) is 1.78. The van der Waals surface area contributed by atoms with E-state index in [4.69, 9.17) is 23.3 Å². The molecule has 4 N–H and O–H groups in total. The van der Waals surface area contributed by atoms with E-state index in [1.54, 1.807) is 13.0 Å². The maximum Gasteiger partial charge on any atom is 0.394 e. The normalized spacial score (nSPS) is 10.4. The van der Waals surface area contributed by atoms with E-state index in [1.165, 1.54) is 6.07 Å². The van der Waals surface area contributed by atoms with E-state index in [0.29, 0.717) is 11.3 Å². The molecule has 0 fully saturated rings. The van der Waals surface area contributed by atoms with Gasteiger partial charge in [0.05, 0.1) is 4.92 Å². The molecule has 8 nitrogen and oxygen atoms in total. The number of aryl methyl sites for hydroxylation is 2. The van der Waals surface area contributed by atoms with Crippen LogP contribution in [0.15, 0.2) is 12.1 Å². The molecule has 1 aromatic carbocycles. The summed E-state index contributed by atoms with van der Waals surface area (Å²) < 4.78 is 31.6. The Morgan fingerprint density at radius 3 is 2.00 bits per heavy atom. The van der Waals surface area contributed by atoms with Gasteiger partial charge in [0.2, 0.25) is 0 Å². The number of anilines is 1. The zero-order chi connectivity index (χ0) is 13.8. The molecule has 0 heterocycles. The second-order valence-corrected chi connectivity index (χ2v) is 4.10. The van der Waals surface area contributed by atoms with Crippen molar-refractivity contribution in [3.05, 3.63) is 33.4 Å². The topological polar surface area (TPSA) is 144 Å². The molecular weight excluding hydrogens is 252 g/mol. The second kappa shape index (κ2) is 5.57. The Morgan fingerprint density at radius 1 is 1.24 bits per heavy atom. The highest BCUT2D eigenvalue weighted by Crippen LogP contribution is 2.23. The first kappa shape index (κ1) is 15.3. The van der Waals surface area contributed by atoms with Crippen molar-refractivity contribution in [2.75, 3.05) is 5.73 Å². The average Bonchev–Trinajstić information content (AvgIpc) is 2.07. The van der Waals surface area contributed by atoms with Crippen LogP contribution in [0.1, 0.15) is 11.1 Å². The summed E-state index contributed by atoms with van der Waals surface area (Å²) in [5.74, 6) is 0. The number of nitrogens with zero attached hydrogens (tertiary/aromatic N) is 1.